The second-order valence-corrected chi connectivity index (χ2v) is 7.84. The molecule has 0 spiro atoms. The average Bonchev–Trinajstić information content (AvgIpc) is 3.34. The Morgan fingerprint density at radius 1 is 1.26 bits per heavy atom. The van der Waals surface area contributed by atoms with Crippen molar-refractivity contribution in [3.05, 3.63) is 53.5 Å². The number of hydrogen-bond donors (Lipinski definition) is 1. The summed E-state index contributed by atoms with van der Waals surface area (Å²) < 4.78 is 6.54. The van der Waals surface area contributed by atoms with Crippen molar-refractivity contribution in [1.29, 1.82) is 0 Å². The number of nitrogens with zero attached hydrogens (tertiary/aromatic N) is 2. The summed E-state index contributed by atoms with van der Waals surface area (Å²) in [4.78, 5) is 20.0. The van der Waals surface area contributed by atoms with E-state index in [1.807, 2.05) is 49.4 Å². The van der Waals surface area contributed by atoms with Crippen LogP contribution in [0.2, 0.25) is 0 Å². The van der Waals surface area contributed by atoms with Crippen LogP contribution in [0.15, 0.2) is 48.5 Å². The highest BCUT2D eigenvalue weighted by Gasteiger charge is 2.35. The number of nitrogens with one attached hydrogen (secondary N) is 1. The predicted molar refractivity (Wildman–Crippen MR) is 109 cm³/mol. The summed E-state index contributed by atoms with van der Waals surface area (Å²) in [6, 6.07) is 15.7. The molecule has 5 nitrogen and oxygen atoms in total. The number of amides is 1. The van der Waals surface area contributed by atoms with Crippen LogP contribution in [0.3, 0.4) is 0 Å². The lowest BCUT2D eigenvalue weighted by molar-refractivity contribution is -0.121. The predicted octanol–water partition coefficient (Wildman–Crippen LogP) is 4.47. The van der Waals surface area contributed by atoms with Crippen molar-refractivity contribution in [2.24, 2.45) is 0 Å². The number of carbonyl (C=O) groups is 1. The summed E-state index contributed by atoms with van der Waals surface area (Å²) in [6.45, 7) is 2.87. The van der Waals surface area contributed by atoms with Gasteiger partial charge < -0.3 is 10.1 Å². The summed E-state index contributed by atoms with van der Waals surface area (Å²) in [7, 11) is 1.61. The first-order valence-electron chi connectivity index (χ1n) is 9.22. The van der Waals surface area contributed by atoms with E-state index in [0.717, 1.165) is 29.9 Å². The van der Waals surface area contributed by atoms with Crippen LogP contribution in [-0.2, 0) is 4.79 Å². The molecule has 1 saturated heterocycles. The smallest absolute Gasteiger partial charge is 0.241 e. The topological polar surface area (TPSA) is 54.5 Å². The minimum atomic E-state index is -0.241. The Morgan fingerprint density at radius 2 is 2.04 bits per heavy atom. The Balaban J connectivity index is 1.53. The third-order valence-electron chi connectivity index (χ3n) is 5.13. The second-order valence-electron chi connectivity index (χ2n) is 6.78. The summed E-state index contributed by atoms with van der Waals surface area (Å²) in [6.07, 6.45) is 2.11. The van der Waals surface area contributed by atoms with Crippen LogP contribution in [0.4, 0.5) is 5.69 Å². The summed E-state index contributed by atoms with van der Waals surface area (Å²) in [5, 5.41) is 4.12. The molecule has 140 valence electrons. The van der Waals surface area contributed by atoms with Crippen LogP contribution in [0.5, 0.6) is 5.75 Å². The first kappa shape index (κ1) is 17.9. The molecule has 1 amide bonds. The SMILES string of the molecule is COc1ccccc1NC(=O)C(C)N1CCCC1c1nc2ccccc2s1. The highest BCUT2D eigenvalue weighted by atomic mass is 32.1. The Labute approximate surface area is 163 Å². The maximum Gasteiger partial charge on any atom is 0.241 e. The number of carbonyl (C=O) groups excluding carboxylic acids is 1. The lowest BCUT2D eigenvalue weighted by Crippen LogP contribution is -2.41. The molecule has 2 aromatic carbocycles. The number of benzene rings is 2. The molecule has 6 heteroatoms. The van der Waals surface area contributed by atoms with Crippen molar-refractivity contribution in [3.8, 4) is 5.75 Å². The van der Waals surface area contributed by atoms with Gasteiger partial charge in [0.1, 0.15) is 10.8 Å². The van der Waals surface area contributed by atoms with Gasteiger partial charge in [-0.05, 0) is 50.6 Å². The number of rotatable bonds is 5. The van der Waals surface area contributed by atoms with Gasteiger partial charge in [0, 0.05) is 0 Å². The lowest BCUT2D eigenvalue weighted by atomic mass is 10.2. The zero-order chi connectivity index (χ0) is 18.8. The van der Waals surface area contributed by atoms with Crippen molar-refractivity contribution >= 4 is 33.1 Å². The van der Waals surface area contributed by atoms with Gasteiger partial charge in [-0.2, -0.15) is 0 Å². The molecule has 1 N–H and O–H groups in total. The molecule has 2 unspecified atom stereocenters. The van der Waals surface area contributed by atoms with Gasteiger partial charge in [0.25, 0.3) is 0 Å². The van der Waals surface area contributed by atoms with E-state index in [1.54, 1.807) is 18.4 Å². The van der Waals surface area contributed by atoms with Crippen molar-refractivity contribution in [3.63, 3.8) is 0 Å². The first-order valence-corrected chi connectivity index (χ1v) is 10.0. The zero-order valence-corrected chi connectivity index (χ0v) is 16.3. The van der Waals surface area contributed by atoms with E-state index in [0.29, 0.717) is 11.4 Å². The number of aromatic nitrogens is 1. The standard InChI is InChI=1S/C21H23N3O2S/c1-14(20(25)22-15-8-3-5-11-18(15)26-2)24-13-7-10-17(24)21-23-16-9-4-6-12-19(16)27-21/h3-6,8-9,11-12,14,17H,7,10,13H2,1-2H3,(H,22,25). The molecular formula is C21H23N3O2S. The number of fused-ring (bicyclic) bond motifs is 1. The van der Waals surface area contributed by atoms with Crippen LogP contribution < -0.4 is 10.1 Å². The van der Waals surface area contributed by atoms with E-state index >= 15 is 0 Å². The molecule has 0 aliphatic carbocycles. The number of likely N-dealkylation sites (tertiary alicyclic amines) is 1. The fourth-order valence-corrected chi connectivity index (χ4v) is 4.81. The minimum Gasteiger partial charge on any atom is -0.495 e. The highest BCUT2D eigenvalue weighted by Crippen LogP contribution is 2.37. The van der Waals surface area contributed by atoms with Crippen LogP contribution in [0.1, 0.15) is 30.8 Å². The Hall–Kier alpha value is -2.44. The second kappa shape index (κ2) is 7.66. The van der Waals surface area contributed by atoms with E-state index in [9.17, 15) is 4.79 Å². The minimum absolute atomic E-state index is 0.0208. The molecule has 1 aliphatic rings. The molecule has 1 fully saturated rings. The van der Waals surface area contributed by atoms with E-state index in [1.165, 1.54) is 4.70 Å². The molecule has 0 bridgehead atoms. The number of methoxy groups -OCH3 is 1. The number of thiazole rings is 1. The van der Waals surface area contributed by atoms with Crippen molar-refractivity contribution < 1.29 is 9.53 Å². The van der Waals surface area contributed by atoms with Crippen LogP contribution in [0, 0.1) is 0 Å². The maximum atomic E-state index is 12.9. The first-order chi connectivity index (χ1) is 13.2. The number of para-hydroxylation sites is 3. The largest absolute Gasteiger partial charge is 0.495 e. The van der Waals surface area contributed by atoms with Crippen molar-refractivity contribution in [2.45, 2.75) is 31.8 Å². The van der Waals surface area contributed by atoms with Gasteiger partial charge in [-0.15, -0.1) is 11.3 Å². The average molecular weight is 382 g/mol. The quantitative estimate of drug-likeness (QED) is 0.708. The Morgan fingerprint density at radius 3 is 2.85 bits per heavy atom. The van der Waals surface area contributed by atoms with Crippen LogP contribution >= 0.6 is 11.3 Å². The van der Waals surface area contributed by atoms with Gasteiger partial charge in [0.15, 0.2) is 0 Å². The van der Waals surface area contributed by atoms with Gasteiger partial charge in [-0.1, -0.05) is 24.3 Å². The van der Waals surface area contributed by atoms with Gasteiger partial charge in [0.05, 0.1) is 35.1 Å². The molecule has 0 saturated carbocycles. The van der Waals surface area contributed by atoms with E-state index < -0.39 is 0 Å². The third kappa shape index (κ3) is 3.55. The van der Waals surface area contributed by atoms with Crippen molar-refractivity contribution in [1.82, 2.24) is 9.88 Å². The van der Waals surface area contributed by atoms with Gasteiger partial charge in [0.2, 0.25) is 5.91 Å². The van der Waals surface area contributed by atoms with Crippen molar-refractivity contribution in [2.75, 3.05) is 19.0 Å². The van der Waals surface area contributed by atoms with Gasteiger partial charge in [-0.25, -0.2) is 4.98 Å². The molecule has 2 atom stereocenters. The third-order valence-corrected chi connectivity index (χ3v) is 6.27. The number of hydrogen-bond acceptors (Lipinski definition) is 5. The van der Waals surface area contributed by atoms with E-state index in [-0.39, 0.29) is 18.0 Å². The fraction of sp³-hybridized carbons (Fsp3) is 0.333. The molecule has 4 rings (SSSR count). The van der Waals surface area contributed by atoms with Crippen LogP contribution in [-0.4, -0.2) is 35.5 Å². The summed E-state index contributed by atoms with van der Waals surface area (Å²) in [5.74, 6) is 0.648. The molecule has 0 radical (unpaired) electrons. The van der Waals surface area contributed by atoms with Gasteiger partial charge >= 0.3 is 0 Å². The normalized spacial score (nSPS) is 18.5. The van der Waals surface area contributed by atoms with E-state index in [4.69, 9.17) is 9.72 Å². The monoisotopic (exact) mass is 381 g/mol. The Bertz CT molecular complexity index is 922. The van der Waals surface area contributed by atoms with Crippen LogP contribution in [0.25, 0.3) is 10.2 Å². The zero-order valence-electron chi connectivity index (χ0n) is 15.5. The molecule has 3 aromatic rings. The number of ether oxygens (including phenoxy) is 1. The molecular weight excluding hydrogens is 358 g/mol. The van der Waals surface area contributed by atoms with Gasteiger partial charge in [-0.3, -0.25) is 9.69 Å². The van der Waals surface area contributed by atoms with E-state index in [2.05, 4.69) is 16.3 Å². The maximum absolute atomic E-state index is 12.9. The Kier molecular flexibility index (Phi) is 5.09. The molecule has 1 aliphatic heterocycles. The molecule has 2 heterocycles. The molecule has 1 aromatic heterocycles. The highest BCUT2D eigenvalue weighted by molar-refractivity contribution is 7.18. The number of anilines is 1. The lowest BCUT2D eigenvalue weighted by Gasteiger charge is -2.28. The molecule has 27 heavy (non-hydrogen) atoms. The fourth-order valence-electron chi connectivity index (χ4n) is 3.69. The summed E-state index contributed by atoms with van der Waals surface area (Å²) in [5.41, 5.74) is 1.74. The summed E-state index contributed by atoms with van der Waals surface area (Å²) >= 11 is 1.73.